The van der Waals surface area contributed by atoms with Gasteiger partial charge in [0.25, 0.3) is 10.1 Å². The fraction of sp³-hybridized carbons (Fsp3) is 0.172. The number of nitrogens with zero attached hydrogens (tertiary/aromatic N) is 1. The molecule has 0 saturated heterocycles. The number of hydrogen-bond donors (Lipinski definition) is 0. The third kappa shape index (κ3) is 5.57. The quantitative estimate of drug-likeness (QED) is 0.187. The molecule has 7 heteroatoms. The molecular formula is C29H26ClNO4S. The van der Waals surface area contributed by atoms with Crippen molar-refractivity contribution in [1.82, 2.24) is 4.98 Å². The van der Waals surface area contributed by atoms with E-state index >= 15 is 0 Å². The molecular weight excluding hydrogens is 494 g/mol. The van der Waals surface area contributed by atoms with Crippen LogP contribution in [-0.2, 0) is 19.9 Å². The zero-order valence-corrected chi connectivity index (χ0v) is 21.8. The Kier molecular flexibility index (Phi) is 7.41. The Morgan fingerprint density at radius 2 is 1.75 bits per heavy atom. The number of halogens is 1. The minimum absolute atomic E-state index is 0.168. The molecule has 184 valence electrons. The van der Waals surface area contributed by atoms with Gasteiger partial charge in [-0.05, 0) is 54.8 Å². The summed E-state index contributed by atoms with van der Waals surface area (Å²) in [5.41, 5.74) is 2.58. The number of pyridine rings is 1. The van der Waals surface area contributed by atoms with Gasteiger partial charge in [0.2, 0.25) is 0 Å². The summed E-state index contributed by atoms with van der Waals surface area (Å²) in [6, 6.07) is 23.9. The lowest BCUT2D eigenvalue weighted by Crippen LogP contribution is -2.34. The van der Waals surface area contributed by atoms with Gasteiger partial charge in [0.1, 0.15) is 5.60 Å². The molecule has 3 aromatic carbocycles. The number of fused-ring (bicyclic) bond motifs is 1. The fourth-order valence-electron chi connectivity index (χ4n) is 4.38. The maximum atomic E-state index is 12.4. The fourth-order valence-corrected chi connectivity index (χ4v) is 5.36. The van der Waals surface area contributed by atoms with Gasteiger partial charge in [0.15, 0.2) is 5.78 Å². The molecule has 5 nitrogen and oxygen atoms in total. The van der Waals surface area contributed by atoms with E-state index in [0.29, 0.717) is 28.1 Å². The second kappa shape index (κ2) is 10.3. The standard InChI is InChI=1S/C29H26ClNO4S/c1-4-29(35-36(3,33)34,27-11-6-5-10-26(27)20(2)32)23-9-7-8-21(18-23)12-16-25-17-14-22-13-15-24(30)19-28(22)31-25/h5-19H,4H2,1-3H3/b16-12+. The van der Waals surface area contributed by atoms with Crippen LogP contribution in [0.25, 0.3) is 23.1 Å². The monoisotopic (exact) mass is 519 g/mol. The maximum Gasteiger partial charge on any atom is 0.265 e. The zero-order chi connectivity index (χ0) is 25.9. The Labute approximate surface area is 216 Å². The van der Waals surface area contributed by atoms with E-state index in [1.807, 2.05) is 73.7 Å². The minimum atomic E-state index is -3.88. The van der Waals surface area contributed by atoms with Crippen LogP contribution >= 0.6 is 11.6 Å². The van der Waals surface area contributed by atoms with Crippen molar-refractivity contribution in [1.29, 1.82) is 0 Å². The number of ketones is 1. The molecule has 0 aliphatic rings. The first kappa shape index (κ1) is 25.8. The molecule has 36 heavy (non-hydrogen) atoms. The van der Waals surface area contributed by atoms with Crippen molar-refractivity contribution in [3.05, 3.63) is 112 Å². The number of hydrogen-bond acceptors (Lipinski definition) is 5. The van der Waals surface area contributed by atoms with Crippen LogP contribution in [0.5, 0.6) is 0 Å². The smallest absolute Gasteiger partial charge is 0.265 e. The summed E-state index contributed by atoms with van der Waals surface area (Å²) in [6.07, 6.45) is 5.10. The first-order valence-corrected chi connectivity index (χ1v) is 13.7. The Balaban J connectivity index is 1.80. The highest BCUT2D eigenvalue weighted by Gasteiger charge is 2.39. The molecule has 1 unspecified atom stereocenters. The molecule has 1 heterocycles. The molecule has 4 rings (SSSR count). The van der Waals surface area contributed by atoms with Gasteiger partial charge in [-0.1, -0.05) is 79.2 Å². The van der Waals surface area contributed by atoms with Crippen LogP contribution in [0.4, 0.5) is 0 Å². The number of carbonyl (C=O) groups excluding carboxylic acids is 1. The molecule has 0 N–H and O–H groups in total. The van der Waals surface area contributed by atoms with Gasteiger partial charge in [-0.25, -0.2) is 4.98 Å². The van der Waals surface area contributed by atoms with Crippen molar-refractivity contribution in [3.8, 4) is 0 Å². The van der Waals surface area contributed by atoms with Gasteiger partial charge in [0, 0.05) is 21.5 Å². The summed E-state index contributed by atoms with van der Waals surface area (Å²) in [7, 11) is -3.88. The first-order chi connectivity index (χ1) is 17.1. The summed E-state index contributed by atoms with van der Waals surface area (Å²) < 4.78 is 30.6. The van der Waals surface area contributed by atoms with Crippen LogP contribution in [0.3, 0.4) is 0 Å². The molecule has 0 fully saturated rings. The number of rotatable bonds is 8. The van der Waals surface area contributed by atoms with Crippen LogP contribution in [-0.4, -0.2) is 25.4 Å². The predicted molar refractivity (Wildman–Crippen MR) is 146 cm³/mol. The van der Waals surface area contributed by atoms with E-state index in [9.17, 15) is 13.2 Å². The Morgan fingerprint density at radius 1 is 1.00 bits per heavy atom. The Morgan fingerprint density at radius 3 is 2.47 bits per heavy atom. The van der Waals surface area contributed by atoms with Crippen LogP contribution in [0.2, 0.25) is 5.02 Å². The Bertz CT molecular complexity index is 1580. The lowest BCUT2D eigenvalue weighted by atomic mass is 9.80. The lowest BCUT2D eigenvalue weighted by molar-refractivity contribution is 0.0974. The van der Waals surface area contributed by atoms with E-state index in [0.717, 1.165) is 28.4 Å². The van der Waals surface area contributed by atoms with E-state index in [-0.39, 0.29) is 5.78 Å². The third-order valence-corrected chi connectivity index (χ3v) is 6.83. The summed E-state index contributed by atoms with van der Waals surface area (Å²) in [6.45, 7) is 3.30. The minimum Gasteiger partial charge on any atom is -0.294 e. The number of benzene rings is 3. The van der Waals surface area contributed by atoms with Crippen molar-refractivity contribution in [2.24, 2.45) is 0 Å². The second-order valence-corrected chi connectivity index (χ2v) is 10.6. The highest BCUT2D eigenvalue weighted by molar-refractivity contribution is 7.86. The molecule has 0 radical (unpaired) electrons. The van der Waals surface area contributed by atoms with Crippen LogP contribution < -0.4 is 0 Å². The SMILES string of the molecule is CCC(OS(C)(=O)=O)(c1cccc(/C=C/c2ccc3ccc(Cl)cc3n2)c1)c1ccccc1C(C)=O. The van der Waals surface area contributed by atoms with Crippen molar-refractivity contribution in [2.45, 2.75) is 25.9 Å². The summed E-state index contributed by atoms with van der Waals surface area (Å²) in [5.74, 6) is -0.168. The molecule has 0 aliphatic carbocycles. The maximum absolute atomic E-state index is 12.4. The van der Waals surface area contributed by atoms with Crippen LogP contribution in [0.15, 0.2) is 78.9 Å². The summed E-state index contributed by atoms with van der Waals surface area (Å²) >= 11 is 6.11. The van der Waals surface area contributed by atoms with Crippen molar-refractivity contribution < 1.29 is 17.4 Å². The zero-order valence-electron chi connectivity index (χ0n) is 20.2. The molecule has 4 aromatic rings. The molecule has 0 aliphatic heterocycles. The van der Waals surface area contributed by atoms with Gasteiger partial charge < -0.3 is 0 Å². The molecule has 0 bridgehead atoms. The third-order valence-electron chi connectivity index (χ3n) is 6.01. The molecule has 0 amide bonds. The van der Waals surface area contributed by atoms with E-state index in [2.05, 4.69) is 4.98 Å². The van der Waals surface area contributed by atoms with Crippen molar-refractivity contribution in [2.75, 3.05) is 6.26 Å². The van der Waals surface area contributed by atoms with Crippen molar-refractivity contribution >= 4 is 50.6 Å². The average Bonchev–Trinajstić information content (AvgIpc) is 2.85. The van der Waals surface area contributed by atoms with Crippen molar-refractivity contribution in [3.63, 3.8) is 0 Å². The van der Waals surface area contributed by atoms with Gasteiger partial charge in [-0.3, -0.25) is 8.98 Å². The van der Waals surface area contributed by atoms with E-state index < -0.39 is 15.7 Å². The number of carbonyl (C=O) groups is 1. The lowest BCUT2D eigenvalue weighted by Gasteiger charge is -2.34. The predicted octanol–water partition coefficient (Wildman–Crippen LogP) is 6.89. The topological polar surface area (TPSA) is 73.3 Å². The van der Waals surface area contributed by atoms with E-state index in [1.54, 1.807) is 24.3 Å². The molecule has 0 spiro atoms. The Hall–Kier alpha value is -3.32. The van der Waals surface area contributed by atoms with Gasteiger partial charge in [-0.15, -0.1) is 0 Å². The van der Waals surface area contributed by atoms with E-state index in [1.165, 1.54) is 6.92 Å². The first-order valence-electron chi connectivity index (χ1n) is 11.5. The van der Waals surface area contributed by atoms with Crippen LogP contribution in [0, 0.1) is 0 Å². The molecule has 1 aromatic heterocycles. The highest BCUT2D eigenvalue weighted by Crippen LogP contribution is 2.40. The van der Waals surface area contributed by atoms with Gasteiger partial charge in [0.05, 0.1) is 17.5 Å². The number of aromatic nitrogens is 1. The molecule has 1 atom stereocenters. The van der Waals surface area contributed by atoms with Gasteiger partial charge in [-0.2, -0.15) is 8.42 Å². The number of Topliss-reactive ketones (excluding diaryl/α,β-unsaturated/α-hetero) is 1. The van der Waals surface area contributed by atoms with Crippen LogP contribution in [0.1, 0.15) is 53.0 Å². The summed E-state index contributed by atoms with van der Waals surface area (Å²) in [4.78, 5) is 17.1. The normalized spacial score (nSPS) is 13.7. The average molecular weight is 520 g/mol. The largest absolute Gasteiger partial charge is 0.294 e. The van der Waals surface area contributed by atoms with Gasteiger partial charge >= 0.3 is 0 Å². The second-order valence-electron chi connectivity index (χ2n) is 8.60. The van der Waals surface area contributed by atoms with E-state index in [4.69, 9.17) is 15.8 Å². The molecule has 0 saturated carbocycles. The summed E-state index contributed by atoms with van der Waals surface area (Å²) in [5, 5.41) is 1.62. The highest BCUT2D eigenvalue weighted by atomic mass is 35.5.